The third-order valence-electron chi connectivity index (χ3n) is 2.81. The van der Waals surface area contributed by atoms with Gasteiger partial charge in [0, 0.05) is 0 Å². The number of aromatic nitrogens is 2. The molecule has 0 fully saturated rings. The van der Waals surface area contributed by atoms with E-state index >= 15 is 0 Å². The molecule has 0 radical (unpaired) electrons. The second-order valence-corrected chi connectivity index (χ2v) is 4.26. The quantitative estimate of drug-likeness (QED) is 0.767. The molecule has 0 saturated heterocycles. The number of hydrogen-bond donors (Lipinski definition) is 1. The van der Waals surface area contributed by atoms with E-state index in [1.54, 1.807) is 23.0 Å². The molecular formula is C14H12FN3O. The molecule has 2 heterocycles. The first kappa shape index (κ1) is 11.5. The van der Waals surface area contributed by atoms with Gasteiger partial charge in [0.2, 0.25) is 0 Å². The summed E-state index contributed by atoms with van der Waals surface area (Å²) in [6.07, 6.45) is 1.68. The van der Waals surface area contributed by atoms with Gasteiger partial charge in [0.15, 0.2) is 11.5 Å². The van der Waals surface area contributed by atoms with Gasteiger partial charge < -0.3 is 10.2 Å². The van der Waals surface area contributed by atoms with Gasteiger partial charge in [-0.3, -0.25) is 0 Å². The van der Waals surface area contributed by atoms with Crippen molar-refractivity contribution >= 4 is 5.69 Å². The fraction of sp³-hybridized carbons (Fsp3) is 0.0714. The largest absolute Gasteiger partial charge is 0.460 e. The normalized spacial score (nSPS) is 10.8. The van der Waals surface area contributed by atoms with Gasteiger partial charge in [0.05, 0.1) is 17.6 Å². The number of anilines is 1. The van der Waals surface area contributed by atoms with Crippen molar-refractivity contribution in [3.8, 4) is 17.1 Å². The van der Waals surface area contributed by atoms with Crippen LogP contribution in [0, 0.1) is 12.7 Å². The van der Waals surface area contributed by atoms with Crippen LogP contribution in [0.4, 0.5) is 10.1 Å². The first-order valence-electron chi connectivity index (χ1n) is 5.81. The molecule has 0 aliphatic heterocycles. The fourth-order valence-corrected chi connectivity index (χ4v) is 1.87. The van der Waals surface area contributed by atoms with Crippen LogP contribution in [0.3, 0.4) is 0 Å². The second-order valence-electron chi connectivity index (χ2n) is 4.26. The minimum atomic E-state index is -0.286. The molecule has 4 nitrogen and oxygen atoms in total. The van der Waals surface area contributed by atoms with Gasteiger partial charge in [0.25, 0.3) is 0 Å². The molecule has 0 aliphatic carbocycles. The summed E-state index contributed by atoms with van der Waals surface area (Å²) in [6, 6.07) is 9.71. The van der Waals surface area contributed by atoms with Gasteiger partial charge in [-0.05, 0) is 43.3 Å². The third kappa shape index (κ3) is 2.10. The Kier molecular flexibility index (Phi) is 2.59. The van der Waals surface area contributed by atoms with Crippen LogP contribution in [-0.2, 0) is 0 Å². The lowest BCUT2D eigenvalue weighted by Gasteiger charge is -1.99. The molecule has 5 heteroatoms. The van der Waals surface area contributed by atoms with Crippen molar-refractivity contribution in [1.82, 2.24) is 9.78 Å². The number of benzene rings is 1. The maximum absolute atomic E-state index is 12.9. The molecule has 0 aliphatic rings. The minimum absolute atomic E-state index is 0.286. The van der Waals surface area contributed by atoms with Gasteiger partial charge in [-0.2, -0.15) is 5.10 Å². The second kappa shape index (κ2) is 4.28. The monoisotopic (exact) mass is 257 g/mol. The number of hydrogen-bond acceptors (Lipinski definition) is 3. The molecule has 19 heavy (non-hydrogen) atoms. The average Bonchev–Trinajstić information content (AvgIpc) is 2.96. The molecule has 1 aromatic carbocycles. The average molecular weight is 257 g/mol. The lowest BCUT2D eigenvalue weighted by Crippen LogP contribution is -1.94. The molecule has 2 aromatic heterocycles. The Morgan fingerprint density at radius 3 is 2.53 bits per heavy atom. The smallest absolute Gasteiger partial charge is 0.156 e. The Morgan fingerprint density at radius 2 is 1.89 bits per heavy atom. The Bertz CT molecular complexity index is 713. The number of nitrogens with two attached hydrogens (primary N) is 1. The highest BCUT2D eigenvalue weighted by Gasteiger charge is 2.12. The highest BCUT2D eigenvalue weighted by molar-refractivity contribution is 5.68. The Hall–Kier alpha value is -2.56. The number of halogens is 1. The molecule has 0 saturated carbocycles. The highest BCUT2D eigenvalue weighted by atomic mass is 19.1. The molecule has 0 bridgehead atoms. The maximum Gasteiger partial charge on any atom is 0.156 e. The zero-order valence-electron chi connectivity index (χ0n) is 10.3. The Labute approximate surface area is 109 Å². The minimum Gasteiger partial charge on any atom is -0.460 e. The first-order chi connectivity index (χ1) is 9.13. The van der Waals surface area contributed by atoms with Gasteiger partial charge in [-0.15, -0.1) is 0 Å². The van der Waals surface area contributed by atoms with Crippen molar-refractivity contribution in [3.63, 3.8) is 0 Å². The summed E-state index contributed by atoms with van der Waals surface area (Å²) in [5.74, 6) is 1.13. The van der Waals surface area contributed by atoms with E-state index in [1.807, 2.05) is 19.1 Å². The van der Waals surface area contributed by atoms with Crippen molar-refractivity contribution in [2.24, 2.45) is 0 Å². The van der Waals surface area contributed by atoms with Crippen molar-refractivity contribution in [2.45, 2.75) is 6.92 Å². The molecule has 0 spiro atoms. The van der Waals surface area contributed by atoms with Crippen LogP contribution in [0.25, 0.3) is 17.1 Å². The summed E-state index contributed by atoms with van der Waals surface area (Å²) in [4.78, 5) is 0. The van der Waals surface area contributed by atoms with Gasteiger partial charge in [-0.25, -0.2) is 9.07 Å². The summed E-state index contributed by atoms with van der Waals surface area (Å²) in [6.45, 7) is 1.86. The van der Waals surface area contributed by atoms with Crippen LogP contribution in [0.1, 0.15) is 5.76 Å². The van der Waals surface area contributed by atoms with Gasteiger partial charge in [-0.1, -0.05) is 0 Å². The lowest BCUT2D eigenvalue weighted by atomic mass is 10.3. The molecule has 0 amide bonds. The Morgan fingerprint density at radius 1 is 1.16 bits per heavy atom. The lowest BCUT2D eigenvalue weighted by molar-refractivity contribution is 0.546. The SMILES string of the molecule is Cc1ccc(-c2nn(-c3ccc(F)cc3)cc2N)o1. The van der Waals surface area contributed by atoms with Gasteiger partial charge >= 0.3 is 0 Å². The zero-order chi connectivity index (χ0) is 13.4. The zero-order valence-corrected chi connectivity index (χ0v) is 10.3. The molecule has 96 valence electrons. The summed E-state index contributed by atoms with van der Waals surface area (Å²) in [7, 11) is 0. The summed E-state index contributed by atoms with van der Waals surface area (Å²) >= 11 is 0. The molecule has 3 aromatic rings. The third-order valence-corrected chi connectivity index (χ3v) is 2.81. The van der Waals surface area contributed by atoms with Crippen LogP contribution < -0.4 is 5.73 Å². The molecule has 2 N–H and O–H groups in total. The highest BCUT2D eigenvalue weighted by Crippen LogP contribution is 2.27. The first-order valence-corrected chi connectivity index (χ1v) is 5.81. The number of nitrogen functional groups attached to an aromatic ring is 1. The van der Waals surface area contributed by atoms with Crippen LogP contribution in [0.5, 0.6) is 0 Å². The topological polar surface area (TPSA) is 57.0 Å². The predicted octanol–water partition coefficient (Wildman–Crippen LogP) is 3.16. The van der Waals surface area contributed by atoms with E-state index in [0.717, 1.165) is 11.4 Å². The van der Waals surface area contributed by atoms with Crippen molar-refractivity contribution < 1.29 is 8.81 Å². The van der Waals surface area contributed by atoms with Gasteiger partial charge in [0.1, 0.15) is 11.6 Å². The van der Waals surface area contributed by atoms with E-state index in [9.17, 15) is 4.39 Å². The molecule has 3 rings (SSSR count). The molecule has 0 atom stereocenters. The van der Waals surface area contributed by atoms with Crippen molar-refractivity contribution in [3.05, 3.63) is 54.2 Å². The van der Waals surface area contributed by atoms with Crippen LogP contribution in [0.15, 0.2) is 47.0 Å². The number of furan rings is 1. The van der Waals surface area contributed by atoms with E-state index < -0.39 is 0 Å². The standard InChI is InChI=1S/C14H12FN3O/c1-9-2-7-13(19-9)14-12(16)8-18(17-14)11-5-3-10(15)4-6-11/h2-8H,16H2,1H3. The van der Waals surface area contributed by atoms with Crippen LogP contribution >= 0.6 is 0 Å². The van der Waals surface area contributed by atoms with Crippen molar-refractivity contribution in [2.75, 3.05) is 5.73 Å². The van der Waals surface area contributed by atoms with E-state index in [4.69, 9.17) is 10.2 Å². The number of nitrogens with zero attached hydrogens (tertiary/aromatic N) is 2. The van der Waals surface area contributed by atoms with Crippen molar-refractivity contribution in [1.29, 1.82) is 0 Å². The summed E-state index contributed by atoms with van der Waals surface area (Å²) < 4.78 is 20.0. The summed E-state index contributed by atoms with van der Waals surface area (Å²) in [5, 5.41) is 4.37. The van der Waals surface area contributed by atoms with Crippen LogP contribution in [-0.4, -0.2) is 9.78 Å². The maximum atomic E-state index is 12.9. The van der Waals surface area contributed by atoms with E-state index in [1.165, 1.54) is 12.1 Å². The van der Waals surface area contributed by atoms with E-state index in [-0.39, 0.29) is 5.82 Å². The number of aryl methyl sites for hydroxylation is 1. The Balaban J connectivity index is 2.04. The summed E-state index contributed by atoms with van der Waals surface area (Å²) in [5.41, 5.74) is 7.76. The number of rotatable bonds is 2. The predicted molar refractivity (Wildman–Crippen MR) is 70.4 cm³/mol. The van der Waals surface area contributed by atoms with E-state index in [2.05, 4.69) is 5.10 Å². The molecular weight excluding hydrogens is 245 g/mol. The van der Waals surface area contributed by atoms with E-state index in [0.29, 0.717) is 17.1 Å². The molecule has 0 unspecified atom stereocenters. The fourth-order valence-electron chi connectivity index (χ4n) is 1.87. The van der Waals surface area contributed by atoms with Crippen LogP contribution in [0.2, 0.25) is 0 Å².